The predicted octanol–water partition coefficient (Wildman–Crippen LogP) is 3.02. The standard InChI is InChI=1S/C14H27N3S/c1-10-7-13(5,6)9-14(8-10)15-11(18)17(16-14)12(2,3)4/h10,16H,7-9H2,1-6H3,(H,15,18). The fourth-order valence-corrected chi connectivity index (χ4v) is 4.29. The highest BCUT2D eigenvalue weighted by molar-refractivity contribution is 7.80. The molecule has 0 aromatic carbocycles. The Bertz CT molecular complexity index is 359. The summed E-state index contributed by atoms with van der Waals surface area (Å²) in [6.45, 7) is 13.6. The van der Waals surface area contributed by atoms with Gasteiger partial charge in [-0.1, -0.05) is 20.8 Å². The van der Waals surface area contributed by atoms with Gasteiger partial charge in [0.1, 0.15) is 5.66 Å². The largest absolute Gasteiger partial charge is 0.342 e. The molecule has 18 heavy (non-hydrogen) atoms. The van der Waals surface area contributed by atoms with Gasteiger partial charge in [-0.25, -0.2) is 5.43 Å². The quantitative estimate of drug-likeness (QED) is 0.661. The predicted molar refractivity (Wildman–Crippen MR) is 80.0 cm³/mol. The average molecular weight is 269 g/mol. The fraction of sp³-hybridized carbons (Fsp3) is 0.929. The highest BCUT2D eigenvalue weighted by Crippen LogP contribution is 2.44. The van der Waals surface area contributed by atoms with Gasteiger partial charge in [0.25, 0.3) is 0 Å². The Balaban J connectivity index is 2.22. The number of hydrogen-bond donors (Lipinski definition) is 2. The van der Waals surface area contributed by atoms with E-state index in [0.717, 1.165) is 23.9 Å². The summed E-state index contributed by atoms with van der Waals surface area (Å²) in [6, 6.07) is 0. The Kier molecular flexibility index (Phi) is 3.18. The van der Waals surface area contributed by atoms with Crippen LogP contribution in [0.1, 0.15) is 60.8 Å². The van der Waals surface area contributed by atoms with Gasteiger partial charge in [0.15, 0.2) is 5.11 Å². The Morgan fingerprint density at radius 2 is 1.89 bits per heavy atom. The molecule has 2 unspecified atom stereocenters. The Morgan fingerprint density at radius 3 is 2.33 bits per heavy atom. The molecule has 0 aromatic rings. The first kappa shape index (κ1) is 14.1. The van der Waals surface area contributed by atoms with Gasteiger partial charge in [-0.3, -0.25) is 5.01 Å². The zero-order chi connectivity index (χ0) is 13.8. The van der Waals surface area contributed by atoms with E-state index in [2.05, 4.69) is 57.3 Å². The molecule has 4 heteroatoms. The van der Waals surface area contributed by atoms with Gasteiger partial charge in [0.05, 0.1) is 5.54 Å². The molecule has 104 valence electrons. The maximum atomic E-state index is 5.51. The molecule has 1 aliphatic heterocycles. The first-order valence-corrected chi connectivity index (χ1v) is 7.34. The van der Waals surface area contributed by atoms with E-state index in [1.165, 1.54) is 6.42 Å². The van der Waals surface area contributed by atoms with Crippen molar-refractivity contribution in [2.45, 2.75) is 72.0 Å². The zero-order valence-corrected chi connectivity index (χ0v) is 13.4. The minimum Gasteiger partial charge on any atom is -0.342 e. The third-order valence-corrected chi connectivity index (χ3v) is 4.21. The fourth-order valence-electron chi connectivity index (χ4n) is 3.78. The minimum absolute atomic E-state index is 0.0123. The molecule has 0 aromatic heterocycles. The average Bonchev–Trinajstić information content (AvgIpc) is 2.36. The van der Waals surface area contributed by atoms with Gasteiger partial charge >= 0.3 is 0 Å². The number of hydrogen-bond acceptors (Lipinski definition) is 2. The van der Waals surface area contributed by atoms with Crippen molar-refractivity contribution in [3.63, 3.8) is 0 Å². The summed E-state index contributed by atoms with van der Waals surface area (Å²) in [5.74, 6) is 0.719. The van der Waals surface area contributed by atoms with Crippen LogP contribution in [0, 0.1) is 11.3 Å². The van der Waals surface area contributed by atoms with E-state index in [4.69, 9.17) is 12.2 Å². The second-order valence-corrected chi connectivity index (χ2v) is 8.37. The Hall–Kier alpha value is -0.350. The number of nitrogens with one attached hydrogen (secondary N) is 2. The van der Waals surface area contributed by atoms with Crippen molar-refractivity contribution >= 4 is 17.3 Å². The molecule has 2 atom stereocenters. The highest BCUT2D eigenvalue weighted by Gasteiger charge is 2.49. The lowest BCUT2D eigenvalue weighted by Crippen LogP contribution is -2.59. The van der Waals surface area contributed by atoms with Gasteiger partial charge in [0.2, 0.25) is 0 Å². The first-order valence-electron chi connectivity index (χ1n) is 6.93. The van der Waals surface area contributed by atoms with Crippen molar-refractivity contribution in [3.05, 3.63) is 0 Å². The van der Waals surface area contributed by atoms with E-state index in [1.54, 1.807) is 0 Å². The SMILES string of the molecule is CC1CC(C)(C)CC2(C1)NC(=S)N(C(C)(C)C)N2. The molecule has 1 saturated carbocycles. The number of thiocarbonyl (C=S) groups is 1. The summed E-state index contributed by atoms with van der Waals surface area (Å²) in [7, 11) is 0. The summed E-state index contributed by atoms with van der Waals surface area (Å²) in [4.78, 5) is 0. The molecule has 2 fully saturated rings. The smallest absolute Gasteiger partial charge is 0.185 e. The summed E-state index contributed by atoms with van der Waals surface area (Å²) >= 11 is 5.51. The molecule has 0 radical (unpaired) electrons. The number of nitrogens with zero attached hydrogens (tertiary/aromatic N) is 1. The second-order valence-electron chi connectivity index (χ2n) is 7.98. The van der Waals surface area contributed by atoms with Crippen LogP contribution >= 0.6 is 12.2 Å². The third kappa shape index (κ3) is 2.64. The molecule has 0 amide bonds. The minimum atomic E-state index is -0.0362. The maximum absolute atomic E-state index is 5.51. The van der Waals surface area contributed by atoms with Gasteiger partial charge in [-0.15, -0.1) is 0 Å². The molecule has 3 nitrogen and oxygen atoms in total. The van der Waals surface area contributed by atoms with Crippen molar-refractivity contribution < 1.29 is 0 Å². The molecule has 1 aliphatic carbocycles. The van der Waals surface area contributed by atoms with E-state index >= 15 is 0 Å². The van der Waals surface area contributed by atoms with Crippen LogP contribution in [0.15, 0.2) is 0 Å². The zero-order valence-electron chi connectivity index (χ0n) is 12.6. The van der Waals surface area contributed by atoms with Crippen molar-refractivity contribution in [1.29, 1.82) is 0 Å². The molecular weight excluding hydrogens is 242 g/mol. The van der Waals surface area contributed by atoms with Crippen LogP contribution in [0.3, 0.4) is 0 Å². The van der Waals surface area contributed by atoms with Crippen molar-refractivity contribution in [3.8, 4) is 0 Å². The lowest BCUT2D eigenvalue weighted by molar-refractivity contribution is 0.0360. The van der Waals surface area contributed by atoms with E-state index in [9.17, 15) is 0 Å². The van der Waals surface area contributed by atoms with E-state index in [1.807, 2.05) is 0 Å². The van der Waals surface area contributed by atoms with Gasteiger partial charge in [-0.05, 0) is 63.6 Å². The second kappa shape index (κ2) is 4.07. The van der Waals surface area contributed by atoms with Gasteiger partial charge < -0.3 is 5.32 Å². The number of hydrazine groups is 1. The van der Waals surface area contributed by atoms with E-state index in [0.29, 0.717) is 5.41 Å². The third-order valence-electron chi connectivity index (χ3n) is 3.92. The van der Waals surface area contributed by atoms with Crippen LogP contribution in [0.4, 0.5) is 0 Å². The summed E-state index contributed by atoms with van der Waals surface area (Å²) in [6.07, 6.45) is 3.56. The monoisotopic (exact) mass is 269 g/mol. The van der Waals surface area contributed by atoms with Crippen LogP contribution in [-0.4, -0.2) is 21.3 Å². The van der Waals surface area contributed by atoms with Crippen LogP contribution in [0.25, 0.3) is 0 Å². The van der Waals surface area contributed by atoms with Crippen LogP contribution < -0.4 is 10.7 Å². The van der Waals surface area contributed by atoms with E-state index in [-0.39, 0.29) is 11.2 Å². The van der Waals surface area contributed by atoms with E-state index < -0.39 is 0 Å². The Morgan fingerprint density at radius 1 is 1.28 bits per heavy atom. The summed E-state index contributed by atoms with van der Waals surface area (Å²) in [5, 5.41) is 6.52. The number of rotatable bonds is 0. The molecule has 1 saturated heterocycles. The normalized spacial score (nSPS) is 36.0. The molecule has 2 rings (SSSR count). The molecule has 0 bridgehead atoms. The molecule has 2 N–H and O–H groups in total. The Labute approximate surface area is 117 Å². The van der Waals surface area contributed by atoms with Crippen molar-refractivity contribution in [1.82, 2.24) is 15.8 Å². The topological polar surface area (TPSA) is 27.3 Å². The van der Waals surface area contributed by atoms with Crippen LogP contribution in [-0.2, 0) is 0 Å². The van der Waals surface area contributed by atoms with Crippen LogP contribution in [0.2, 0.25) is 0 Å². The summed E-state index contributed by atoms with van der Waals surface area (Å²) in [5.41, 5.74) is 4.00. The molecule has 1 heterocycles. The summed E-state index contributed by atoms with van der Waals surface area (Å²) < 4.78 is 0. The molecule has 2 aliphatic rings. The molecular formula is C14H27N3S. The van der Waals surface area contributed by atoms with Gasteiger partial charge in [-0.2, -0.15) is 0 Å². The van der Waals surface area contributed by atoms with Crippen LogP contribution in [0.5, 0.6) is 0 Å². The van der Waals surface area contributed by atoms with Gasteiger partial charge in [0, 0.05) is 0 Å². The maximum Gasteiger partial charge on any atom is 0.185 e. The van der Waals surface area contributed by atoms with Crippen molar-refractivity contribution in [2.75, 3.05) is 0 Å². The highest BCUT2D eigenvalue weighted by atomic mass is 32.1. The van der Waals surface area contributed by atoms with Crippen molar-refractivity contribution in [2.24, 2.45) is 11.3 Å². The first-order chi connectivity index (χ1) is 8.03. The lowest BCUT2D eigenvalue weighted by Gasteiger charge is -2.46. The molecule has 1 spiro atoms. The lowest BCUT2D eigenvalue weighted by atomic mass is 9.68.